The number of nitrogens with one attached hydrogen (secondary N) is 1. The molecular formula is C28H32N2O4. The molecule has 0 saturated heterocycles. The van der Waals surface area contributed by atoms with Gasteiger partial charge in [-0.3, -0.25) is 9.69 Å². The highest BCUT2D eigenvalue weighted by Gasteiger charge is 2.29. The van der Waals surface area contributed by atoms with E-state index in [1.54, 1.807) is 45.6 Å². The minimum Gasteiger partial charge on any atom is -0.497 e. The molecule has 0 unspecified atom stereocenters. The molecule has 6 heteroatoms. The zero-order valence-corrected chi connectivity index (χ0v) is 20.3. The monoisotopic (exact) mass is 460 g/mol. The third-order valence-electron chi connectivity index (χ3n) is 6.43. The highest BCUT2D eigenvalue weighted by atomic mass is 16.5. The molecule has 34 heavy (non-hydrogen) atoms. The van der Waals surface area contributed by atoms with Crippen molar-refractivity contribution in [3.63, 3.8) is 0 Å². The zero-order valence-electron chi connectivity index (χ0n) is 20.3. The SMILES string of the molecule is COc1ccc(C(=O)NC[C@@H]2c3cc(OC)c(OC)cc3CCN2Cc2ccc(C)cc2)cc1. The van der Waals surface area contributed by atoms with Gasteiger partial charge in [0.15, 0.2) is 11.5 Å². The Morgan fingerprint density at radius 3 is 2.26 bits per heavy atom. The summed E-state index contributed by atoms with van der Waals surface area (Å²) < 4.78 is 16.3. The van der Waals surface area contributed by atoms with Gasteiger partial charge in [-0.25, -0.2) is 0 Å². The Kier molecular flexibility index (Phi) is 7.38. The Bertz CT molecular complexity index is 1130. The van der Waals surface area contributed by atoms with E-state index in [1.165, 1.54) is 16.7 Å². The van der Waals surface area contributed by atoms with Gasteiger partial charge in [0.05, 0.1) is 27.4 Å². The summed E-state index contributed by atoms with van der Waals surface area (Å²) in [6.07, 6.45) is 0.907. The van der Waals surface area contributed by atoms with Gasteiger partial charge < -0.3 is 19.5 Å². The van der Waals surface area contributed by atoms with Gasteiger partial charge in [-0.2, -0.15) is 0 Å². The van der Waals surface area contributed by atoms with Crippen LogP contribution in [0.15, 0.2) is 60.7 Å². The summed E-state index contributed by atoms with van der Waals surface area (Å²) in [6.45, 7) is 4.27. The summed E-state index contributed by atoms with van der Waals surface area (Å²) in [6, 6.07) is 19.9. The van der Waals surface area contributed by atoms with Crippen LogP contribution in [0, 0.1) is 6.92 Å². The molecule has 1 N–H and O–H groups in total. The van der Waals surface area contributed by atoms with E-state index in [-0.39, 0.29) is 11.9 Å². The molecule has 0 saturated carbocycles. The molecule has 1 atom stereocenters. The maximum atomic E-state index is 12.9. The lowest BCUT2D eigenvalue weighted by molar-refractivity contribution is 0.0925. The molecule has 0 aromatic heterocycles. The van der Waals surface area contributed by atoms with Gasteiger partial charge in [0, 0.05) is 25.2 Å². The molecule has 4 rings (SSSR count). The van der Waals surface area contributed by atoms with E-state index in [0.29, 0.717) is 17.9 Å². The molecule has 6 nitrogen and oxygen atoms in total. The number of fused-ring (bicyclic) bond motifs is 1. The molecule has 0 bridgehead atoms. The standard InChI is InChI=1S/C28H32N2O4/c1-19-5-7-20(8-6-19)18-30-14-13-22-15-26(33-3)27(34-4)16-24(22)25(30)17-29-28(31)21-9-11-23(32-2)12-10-21/h5-12,15-16,25H,13-14,17-18H2,1-4H3,(H,29,31)/t25-/m1/s1. The largest absolute Gasteiger partial charge is 0.497 e. The molecule has 178 valence electrons. The van der Waals surface area contributed by atoms with Crippen LogP contribution in [0.4, 0.5) is 0 Å². The number of aryl methyl sites for hydroxylation is 1. The van der Waals surface area contributed by atoms with Gasteiger partial charge in [0.25, 0.3) is 5.91 Å². The normalized spacial score (nSPS) is 15.4. The second kappa shape index (κ2) is 10.6. The van der Waals surface area contributed by atoms with Crippen molar-refractivity contribution in [3.8, 4) is 17.2 Å². The number of ether oxygens (including phenoxy) is 3. The van der Waals surface area contributed by atoms with E-state index in [4.69, 9.17) is 14.2 Å². The van der Waals surface area contributed by atoms with Crippen molar-refractivity contribution in [1.82, 2.24) is 10.2 Å². The fraction of sp³-hybridized carbons (Fsp3) is 0.321. The molecule has 1 heterocycles. The number of carbonyl (C=O) groups excluding carboxylic acids is 1. The first-order chi connectivity index (χ1) is 16.5. The Labute approximate surface area is 201 Å². The van der Waals surface area contributed by atoms with E-state index < -0.39 is 0 Å². The average molecular weight is 461 g/mol. The molecule has 0 fully saturated rings. The molecule has 0 spiro atoms. The van der Waals surface area contributed by atoms with Crippen molar-refractivity contribution in [2.24, 2.45) is 0 Å². The highest BCUT2D eigenvalue weighted by Crippen LogP contribution is 2.38. The van der Waals surface area contributed by atoms with Gasteiger partial charge in [-0.1, -0.05) is 29.8 Å². The first-order valence-electron chi connectivity index (χ1n) is 11.5. The number of hydrogen-bond donors (Lipinski definition) is 1. The summed E-state index contributed by atoms with van der Waals surface area (Å²) in [5, 5.41) is 3.14. The molecule has 3 aromatic rings. The number of benzene rings is 3. The van der Waals surface area contributed by atoms with Crippen LogP contribution < -0.4 is 19.5 Å². The van der Waals surface area contributed by atoms with E-state index in [9.17, 15) is 4.79 Å². The number of nitrogens with zero attached hydrogens (tertiary/aromatic N) is 1. The van der Waals surface area contributed by atoms with E-state index in [2.05, 4.69) is 53.5 Å². The first kappa shape index (κ1) is 23.6. The maximum absolute atomic E-state index is 12.9. The van der Waals surface area contributed by atoms with Crippen LogP contribution in [0.5, 0.6) is 17.2 Å². The van der Waals surface area contributed by atoms with Crippen molar-refractivity contribution in [3.05, 3.63) is 88.5 Å². The van der Waals surface area contributed by atoms with Crippen LogP contribution in [0.3, 0.4) is 0 Å². The fourth-order valence-electron chi connectivity index (χ4n) is 4.47. The molecule has 3 aromatic carbocycles. The first-order valence-corrected chi connectivity index (χ1v) is 11.5. The highest BCUT2D eigenvalue weighted by molar-refractivity contribution is 5.94. The van der Waals surface area contributed by atoms with E-state index in [1.807, 2.05) is 0 Å². The van der Waals surface area contributed by atoms with Gasteiger partial charge in [-0.15, -0.1) is 0 Å². The van der Waals surface area contributed by atoms with Crippen molar-refractivity contribution < 1.29 is 19.0 Å². The quantitative estimate of drug-likeness (QED) is 0.534. The zero-order chi connectivity index (χ0) is 24.1. The van der Waals surface area contributed by atoms with Gasteiger partial charge in [0.2, 0.25) is 0 Å². The lowest BCUT2D eigenvalue weighted by Crippen LogP contribution is -2.41. The summed E-state index contributed by atoms with van der Waals surface area (Å²) in [5.74, 6) is 2.05. The Morgan fingerprint density at radius 1 is 0.941 bits per heavy atom. The van der Waals surface area contributed by atoms with E-state index >= 15 is 0 Å². The Balaban J connectivity index is 1.60. The number of hydrogen-bond acceptors (Lipinski definition) is 5. The van der Waals surface area contributed by atoms with Crippen LogP contribution in [-0.2, 0) is 13.0 Å². The second-order valence-corrected chi connectivity index (χ2v) is 8.57. The van der Waals surface area contributed by atoms with Crippen molar-refractivity contribution in [1.29, 1.82) is 0 Å². The number of amides is 1. The predicted molar refractivity (Wildman–Crippen MR) is 133 cm³/mol. The number of methoxy groups -OCH3 is 3. The van der Waals surface area contributed by atoms with Gasteiger partial charge in [-0.05, 0) is 66.4 Å². The molecular weight excluding hydrogens is 428 g/mol. The molecule has 1 aliphatic heterocycles. The van der Waals surface area contributed by atoms with Gasteiger partial charge >= 0.3 is 0 Å². The van der Waals surface area contributed by atoms with Crippen molar-refractivity contribution in [2.45, 2.75) is 25.9 Å². The topological polar surface area (TPSA) is 60.0 Å². The lowest BCUT2D eigenvalue weighted by atomic mass is 9.91. The maximum Gasteiger partial charge on any atom is 0.251 e. The summed E-state index contributed by atoms with van der Waals surface area (Å²) in [4.78, 5) is 15.3. The molecule has 0 radical (unpaired) electrons. The Hall–Kier alpha value is -3.51. The van der Waals surface area contributed by atoms with Crippen LogP contribution in [0.2, 0.25) is 0 Å². The smallest absolute Gasteiger partial charge is 0.251 e. The number of carbonyl (C=O) groups is 1. The van der Waals surface area contributed by atoms with Crippen LogP contribution in [-0.4, -0.2) is 45.2 Å². The minimum absolute atomic E-state index is 0.00653. The van der Waals surface area contributed by atoms with E-state index in [0.717, 1.165) is 36.6 Å². The predicted octanol–water partition coefficient (Wildman–Crippen LogP) is 4.55. The van der Waals surface area contributed by atoms with Crippen LogP contribution in [0.1, 0.15) is 38.7 Å². The number of rotatable bonds is 8. The second-order valence-electron chi connectivity index (χ2n) is 8.57. The third-order valence-corrected chi connectivity index (χ3v) is 6.43. The minimum atomic E-state index is -0.106. The molecule has 0 aliphatic carbocycles. The molecule has 1 amide bonds. The summed E-state index contributed by atoms with van der Waals surface area (Å²) in [7, 11) is 4.92. The third kappa shape index (κ3) is 5.18. The molecule has 1 aliphatic rings. The van der Waals surface area contributed by atoms with Gasteiger partial charge in [0.1, 0.15) is 5.75 Å². The van der Waals surface area contributed by atoms with Crippen molar-refractivity contribution >= 4 is 5.91 Å². The summed E-state index contributed by atoms with van der Waals surface area (Å²) in [5.41, 5.74) is 5.48. The van der Waals surface area contributed by atoms with Crippen molar-refractivity contribution in [2.75, 3.05) is 34.4 Å². The van der Waals surface area contributed by atoms with Crippen LogP contribution >= 0.6 is 0 Å². The Morgan fingerprint density at radius 2 is 1.62 bits per heavy atom. The lowest BCUT2D eigenvalue weighted by Gasteiger charge is -2.38. The summed E-state index contributed by atoms with van der Waals surface area (Å²) >= 11 is 0. The average Bonchev–Trinajstić information content (AvgIpc) is 2.88. The van der Waals surface area contributed by atoms with Crippen LogP contribution in [0.25, 0.3) is 0 Å². The fourth-order valence-corrected chi connectivity index (χ4v) is 4.47.